The Bertz CT molecular complexity index is 751. The van der Waals surface area contributed by atoms with Crippen LogP contribution in [0.3, 0.4) is 0 Å². The van der Waals surface area contributed by atoms with Crippen molar-refractivity contribution < 1.29 is 14.5 Å². The summed E-state index contributed by atoms with van der Waals surface area (Å²) >= 11 is 3.46. The van der Waals surface area contributed by atoms with Crippen molar-refractivity contribution in [3.8, 4) is 0 Å². The van der Waals surface area contributed by atoms with Gasteiger partial charge in [-0.3, -0.25) is 4.79 Å². The quantitative estimate of drug-likeness (QED) is 0.809. The third-order valence-electron chi connectivity index (χ3n) is 4.01. The van der Waals surface area contributed by atoms with Crippen LogP contribution >= 0.6 is 15.9 Å². The number of halogens is 1. The lowest BCUT2D eigenvalue weighted by Crippen LogP contribution is -2.31. The molecule has 2 N–H and O–H groups in total. The molecule has 0 aliphatic carbocycles. The van der Waals surface area contributed by atoms with E-state index in [1.165, 1.54) is 0 Å². The van der Waals surface area contributed by atoms with E-state index < -0.39 is 7.12 Å². The highest BCUT2D eigenvalue weighted by molar-refractivity contribution is 9.10. The molecule has 3 rings (SSSR count). The fourth-order valence-corrected chi connectivity index (χ4v) is 3.10. The number of benzene rings is 2. The Labute approximate surface area is 144 Å². The smallest absolute Gasteiger partial charge is 0.423 e. The number of amides is 1. The minimum atomic E-state index is -0.877. The third-order valence-corrected chi connectivity index (χ3v) is 4.86. The van der Waals surface area contributed by atoms with Crippen molar-refractivity contribution in [2.75, 3.05) is 5.32 Å². The number of carbonyl (C=O) groups is 1. The zero-order chi connectivity index (χ0) is 16.4. The summed E-state index contributed by atoms with van der Waals surface area (Å²) in [5, 5.41) is 12.8. The van der Waals surface area contributed by atoms with Crippen LogP contribution in [0.2, 0.25) is 0 Å². The lowest BCUT2D eigenvalue weighted by molar-refractivity contribution is -0.116. The number of aryl methyl sites for hydroxylation is 2. The van der Waals surface area contributed by atoms with Crippen LogP contribution in [0.15, 0.2) is 40.9 Å². The lowest BCUT2D eigenvalue weighted by atomic mass is 9.75. The van der Waals surface area contributed by atoms with Crippen molar-refractivity contribution in [2.45, 2.75) is 26.4 Å². The van der Waals surface area contributed by atoms with Crippen LogP contribution in [0.4, 0.5) is 5.69 Å². The van der Waals surface area contributed by atoms with Crippen LogP contribution in [0.1, 0.15) is 23.1 Å². The second-order valence-corrected chi connectivity index (χ2v) is 6.52. The molecule has 0 saturated carbocycles. The van der Waals surface area contributed by atoms with E-state index >= 15 is 0 Å². The van der Waals surface area contributed by atoms with Gasteiger partial charge in [-0.25, -0.2) is 0 Å². The van der Waals surface area contributed by atoms with Crippen molar-refractivity contribution >= 4 is 40.1 Å². The predicted octanol–water partition coefficient (Wildman–Crippen LogP) is 2.55. The van der Waals surface area contributed by atoms with Crippen LogP contribution < -0.4 is 10.8 Å². The maximum atomic E-state index is 12.1. The second-order valence-electron chi connectivity index (χ2n) is 5.67. The summed E-state index contributed by atoms with van der Waals surface area (Å²) in [5.74, 6) is -0.0493. The molecule has 1 heterocycles. The number of fused-ring (bicyclic) bond motifs is 1. The van der Waals surface area contributed by atoms with Crippen molar-refractivity contribution in [1.29, 1.82) is 0 Å². The van der Waals surface area contributed by atoms with E-state index in [4.69, 9.17) is 4.65 Å². The van der Waals surface area contributed by atoms with Gasteiger partial charge in [0.2, 0.25) is 5.91 Å². The van der Waals surface area contributed by atoms with Gasteiger partial charge >= 0.3 is 7.12 Å². The summed E-state index contributed by atoms with van der Waals surface area (Å²) in [6.45, 7) is 2.42. The summed E-state index contributed by atoms with van der Waals surface area (Å²) in [7, 11) is -0.877. The molecule has 0 fully saturated rings. The summed E-state index contributed by atoms with van der Waals surface area (Å²) in [6.07, 6.45) is 0.928. The minimum Gasteiger partial charge on any atom is -0.423 e. The molecule has 2 aromatic carbocycles. The van der Waals surface area contributed by atoms with Crippen LogP contribution in [-0.4, -0.2) is 18.0 Å². The van der Waals surface area contributed by atoms with Gasteiger partial charge in [-0.05, 0) is 47.6 Å². The van der Waals surface area contributed by atoms with Crippen LogP contribution in [0.25, 0.3) is 0 Å². The molecule has 6 heteroatoms. The number of carbonyl (C=O) groups excluding carboxylic acids is 1. The second kappa shape index (κ2) is 6.87. The lowest BCUT2D eigenvalue weighted by Gasteiger charge is -2.09. The summed E-state index contributed by atoms with van der Waals surface area (Å²) in [4.78, 5) is 12.1. The normalized spacial score (nSPS) is 13.1. The monoisotopic (exact) mass is 373 g/mol. The molecule has 118 valence electrons. The third kappa shape index (κ3) is 3.66. The van der Waals surface area contributed by atoms with E-state index in [0.717, 1.165) is 32.3 Å². The van der Waals surface area contributed by atoms with Crippen LogP contribution in [0, 0.1) is 6.92 Å². The molecule has 2 aromatic rings. The minimum absolute atomic E-state index is 0.0493. The van der Waals surface area contributed by atoms with Crippen molar-refractivity contribution in [1.82, 2.24) is 0 Å². The van der Waals surface area contributed by atoms with E-state index in [-0.39, 0.29) is 5.91 Å². The predicted molar refractivity (Wildman–Crippen MR) is 94.7 cm³/mol. The highest BCUT2D eigenvalue weighted by atomic mass is 79.9. The summed E-state index contributed by atoms with van der Waals surface area (Å²) in [6, 6.07) is 11.5. The first-order valence-corrected chi connectivity index (χ1v) is 8.30. The Hall–Kier alpha value is -1.63. The van der Waals surface area contributed by atoms with Gasteiger partial charge in [-0.1, -0.05) is 40.2 Å². The molecule has 4 nitrogen and oxygen atoms in total. The molecule has 1 aliphatic heterocycles. The molecule has 0 aromatic heterocycles. The van der Waals surface area contributed by atoms with Crippen LogP contribution in [-0.2, 0) is 22.5 Å². The largest absolute Gasteiger partial charge is 0.492 e. The van der Waals surface area contributed by atoms with E-state index in [9.17, 15) is 9.82 Å². The van der Waals surface area contributed by atoms with Gasteiger partial charge < -0.3 is 15.0 Å². The molecule has 23 heavy (non-hydrogen) atoms. The number of hydrogen-bond acceptors (Lipinski definition) is 3. The van der Waals surface area contributed by atoms with Crippen molar-refractivity contribution in [3.05, 3.63) is 57.6 Å². The first-order valence-electron chi connectivity index (χ1n) is 7.51. The topological polar surface area (TPSA) is 58.6 Å². The summed E-state index contributed by atoms with van der Waals surface area (Å²) < 4.78 is 6.21. The van der Waals surface area contributed by atoms with Gasteiger partial charge in [0.15, 0.2) is 0 Å². The van der Waals surface area contributed by atoms with Crippen molar-refractivity contribution in [2.24, 2.45) is 0 Å². The highest BCUT2D eigenvalue weighted by Gasteiger charge is 2.29. The Morgan fingerprint density at radius 2 is 2.22 bits per heavy atom. The molecular formula is C17H17BBrNO3. The van der Waals surface area contributed by atoms with E-state index in [1.54, 1.807) is 0 Å². The molecule has 1 aliphatic rings. The number of nitrogens with one attached hydrogen (secondary N) is 1. The van der Waals surface area contributed by atoms with Crippen LogP contribution in [0.5, 0.6) is 0 Å². The first kappa shape index (κ1) is 16.2. The molecule has 0 saturated heterocycles. The first-order chi connectivity index (χ1) is 11.0. The molecule has 0 unspecified atom stereocenters. The standard InChI is InChI=1S/C17H17BBrNO3/c1-11-5-7-14(9-15(11)19)20-16(21)8-6-12-3-2-4-13-10-23-18(22)17(12)13/h2-5,7,9,22H,6,8,10H2,1H3,(H,20,21). The van der Waals surface area contributed by atoms with Gasteiger partial charge in [0, 0.05) is 16.6 Å². The maximum absolute atomic E-state index is 12.1. The molecule has 0 bridgehead atoms. The Balaban J connectivity index is 1.64. The fraction of sp³-hybridized carbons (Fsp3) is 0.235. The SMILES string of the molecule is Cc1ccc(NC(=O)CCc2cccc3c2B(O)OC3)cc1Br. The molecule has 1 amide bonds. The Kier molecular flexibility index (Phi) is 4.85. The number of hydrogen-bond donors (Lipinski definition) is 2. The zero-order valence-electron chi connectivity index (χ0n) is 12.8. The van der Waals surface area contributed by atoms with Gasteiger partial charge in [0.05, 0.1) is 6.61 Å². The van der Waals surface area contributed by atoms with Gasteiger partial charge in [-0.2, -0.15) is 0 Å². The van der Waals surface area contributed by atoms with Gasteiger partial charge in [-0.15, -0.1) is 0 Å². The highest BCUT2D eigenvalue weighted by Crippen LogP contribution is 2.21. The maximum Gasteiger partial charge on any atom is 0.492 e. The molecule has 0 spiro atoms. The average Bonchev–Trinajstić information content (AvgIpc) is 2.91. The Morgan fingerprint density at radius 1 is 1.39 bits per heavy atom. The fourth-order valence-electron chi connectivity index (χ4n) is 2.72. The number of rotatable bonds is 4. The average molecular weight is 374 g/mol. The van der Waals surface area contributed by atoms with Gasteiger partial charge in [0.25, 0.3) is 0 Å². The van der Waals surface area contributed by atoms with Crippen molar-refractivity contribution in [3.63, 3.8) is 0 Å². The molecule has 0 atom stereocenters. The summed E-state index contributed by atoms with van der Waals surface area (Å²) in [5.41, 5.74) is 4.68. The van der Waals surface area contributed by atoms with E-state index in [1.807, 2.05) is 43.3 Å². The van der Waals surface area contributed by atoms with Gasteiger partial charge in [0.1, 0.15) is 0 Å². The van der Waals surface area contributed by atoms with E-state index in [2.05, 4.69) is 21.2 Å². The molecule has 0 radical (unpaired) electrons. The zero-order valence-corrected chi connectivity index (χ0v) is 14.4. The number of anilines is 1. The van der Waals surface area contributed by atoms with E-state index in [0.29, 0.717) is 19.4 Å². The molecular weight excluding hydrogens is 357 g/mol. The Morgan fingerprint density at radius 3 is 3.00 bits per heavy atom.